The molecule has 2 N–H and O–H groups in total. The first-order valence-corrected chi connectivity index (χ1v) is 8.63. The van der Waals surface area contributed by atoms with Gasteiger partial charge in [0, 0.05) is 21.8 Å². The zero-order chi connectivity index (χ0) is 13.8. The number of benzene rings is 1. The van der Waals surface area contributed by atoms with Gasteiger partial charge in [-0.15, -0.1) is 0 Å². The summed E-state index contributed by atoms with van der Waals surface area (Å²) in [7, 11) is -0.784. The van der Waals surface area contributed by atoms with Gasteiger partial charge in [0.2, 0.25) is 0 Å². The molecular weight excluding hydrogens is 254 g/mol. The Morgan fingerprint density at radius 2 is 1.79 bits per heavy atom. The Kier molecular flexibility index (Phi) is 5.17. The second kappa shape index (κ2) is 6.67. The summed E-state index contributed by atoms with van der Waals surface area (Å²) in [4.78, 5) is 0. The van der Waals surface area contributed by atoms with Crippen LogP contribution in [0.25, 0.3) is 0 Å². The normalized spacial score (nSPS) is 25.2. The van der Waals surface area contributed by atoms with Crippen LogP contribution in [0, 0.1) is 19.8 Å². The van der Waals surface area contributed by atoms with Crippen LogP contribution in [0.2, 0.25) is 0 Å². The lowest BCUT2D eigenvalue weighted by Crippen LogP contribution is -2.34. The lowest BCUT2D eigenvalue weighted by molar-refractivity contribution is 0.372. The van der Waals surface area contributed by atoms with Crippen molar-refractivity contribution in [2.75, 3.05) is 6.54 Å². The highest BCUT2D eigenvalue weighted by Crippen LogP contribution is 2.29. The van der Waals surface area contributed by atoms with Gasteiger partial charge in [0.1, 0.15) is 0 Å². The zero-order valence-corrected chi connectivity index (χ0v) is 12.8. The Hall–Kier alpha value is -0.670. The van der Waals surface area contributed by atoms with Crippen molar-refractivity contribution in [3.05, 3.63) is 34.9 Å². The molecule has 106 valence electrons. The Labute approximate surface area is 119 Å². The summed E-state index contributed by atoms with van der Waals surface area (Å²) in [6, 6.07) is 6.48. The van der Waals surface area contributed by atoms with E-state index >= 15 is 0 Å². The van der Waals surface area contributed by atoms with Gasteiger partial charge < -0.3 is 5.73 Å². The predicted molar refractivity (Wildman–Crippen MR) is 82.6 cm³/mol. The number of hydrogen-bond acceptors (Lipinski definition) is 2. The monoisotopic (exact) mass is 279 g/mol. The molecule has 2 nitrogen and oxygen atoms in total. The second-order valence-corrected chi connectivity index (χ2v) is 7.50. The van der Waals surface area contributed by atoms with Crippen molar-refractivity contribution < 1.29 is 4.21 Å². The van der Waals surface area contributed by atoms with Gasteiger partial charge >= 0.3 is 0 Å². The average Bonchev–Trinajstić information content (AvgIpc) is 2.37. The Bertz CT molecular complexity index is 438. The highest BCUT2D eigenvalue weighted by Gasteiger charge is 2.28. The minimum absolute atomic E-state index is 0.305. The highest BCUT2D eigenvalue weighted by molar-refractivity contribution is 7.84. The molecule has 0 heterocycles. The quantitative estimate of drug-likeness (QED) is 0.920. The molecule has 1 aromatic rings. The maximum absolute atomic E-state index is 12.6. The third-order valence-electron chi connectivity index (χ3n) is 4.07. The van der Waals surface area contributed by atoms with Crippen molar-refractivity contribution in [3.63, 3.8) is 0 Å². The topological polar surface area (TPSA) is 43.1 Å². The summed E-state index contributed by atoms with van der Waals surface area (Å²) in [6.45, 7) is 4.88. The van der Waals surface area contributed by atoms with Crippen molar-refractivity contribution in [1.29, 1.82) is 0 Å². The average molecular weight is 279 g/mol. The maximum atomic E-state index is 12.6. The summed E-state index contributed by atoms with van der Waals surface area (Å²) in [5, 5.41) is 0.305. The molecule has 0 saturated heterocycles. The Morgan fingerprint density at radius 3 is 2.42 bits per heavy atom. The smallest absolute Gasteiger partial charge is 0.0488 e. The molecule has 0 bridgehead atoms. The zero-order valence-electron chi connectivity index (χ0n) is 12.0. The molecule has 2 rings (SSSR count). The van der Waals surface area contributed by atoms with E-state index in [2.05, 4.69) is 32.0 Å². The predicted octanol–water partition coefficient (Wildman–Crippen LogP) is 3.07. The van der Waals surface area contributed by atoms with E-state index in [1.54, 1.807) is 0 Å². The molecule has 3 unspecified atom stereocenters. The van der Waals surface area contributed by atoms with Gasteiger partial charge in [-0.25, -0.2) is 0 Å². The van der Waals surface area contributed by atoms with Gasteiger partial charge in [-0.1, -0.05) is 42.2 Å². The molecule has 1 saturated carbocycles. The van der Waals surface area contributed by atoms with Crippen LogP contribution in [0.4, 0.5) is 0 Å². The molecule has 19 heavy (non-hydrogen) atoms. The lowest BCUT2D eigenvalue weighted by atomic mass is 9.89. The fourth-order valence-corrected chi connectivity index (χ4v) is 5.03. The minimum Gasteiger partial charge on any atom is -0.330 e. The first-order chi connectivity index (χ1) is 9.10. The van der Waals surface area contributed by atoms with E-state index in [1.165, 1.54) is 29.5 Å². The van der Waals surface area contributed by atoms with Crippen molar-refractivity contribution in [1.82, 2.24) is 0 Å². The number of rotatable bonds is 4. The van der Waals surface area contributed by atoms with E-state index in [-0.39, 0.29) is 0 Å². The first kappa shape index (κ1) is 14.7. The molecule has 1 fully saturated rings. The third-order valence-corrected chi connectivity index (χ3v) is 5.98. The molecule has 0 radical (unpaired) electrons. The fourth-order valence-electron chi connectivity index (χ4n) is 3.21. The molecule has 0 aromatic heterocycles. The lowest BCUT2D eigenvalue weighted by Gasteiger charge is -2.30. The second-order valence-electron chi connectivity index (χ2n) is 5.84. The van der Waals surface area contributed by atoms with Gasteiger partial charge in [0.05, 0.1) is 0 Å². The Balaban J connectivity index is 2.07. The van der Waals surface area contributed by atoms with E-state index in [1.807, 2.05) is 0 Å². The number of nitrogens with two attached hydrogens (primary N) is 1. The molecule has 0 aliphatic heterocycles. The van der Waals surface area contributed by atoms with Crippen molar-refractivity contribution in [2.24, 2.45) is 11.7 Å². The van der Waals surface area contributed by atoms with Gasteiger partial charge in [-0.2, -0.15) is 0 Å². The molecule has 1 aliphatic rings. The summed E-state index contributed by atoms with van der Waals surface area (Å²) in [5.74, 6) is 1.14. The molecule has 3 atom stereocenters. The van der Waals surface area contributed by atoms with Crippen LogP contribution >= 0.6 is 0 Å². The van der Waals surface area contributed by atoms with Crippen LogP contribution in [0.1, 0.15) is 42.4 Å². The Morgan fingerprint density at radius 1 is 1.16 bits per heavy atom. The van der Waals surface area contributed by atoms with Crippen molar-refractivity contribution in [3.8, 4) is 0 Å². The van der Waals surface area contributed by atoms with Crippen molar-refractivity contribution in [2.45, 2.75) is 50.5 Å². The summed E-state index contributed by atoms with van der Waals surface area (Å²) < 4.78 is 12.6. The fraction of sp³-hybridized carbons (Fsp3) is 0.625. The standard InChI is InChI=1S/C16H25NOS/c1-12-7-13(2)9-14(8-12)11-19(18)16-6-4-3-5-15(16)10-17/h7-9,15-16H,3-6,10-11,17H2,1-2H3. The van der Waals surface area contributed by atoms with Crippen LogP contribution < -0.4 is 5.73 Å². The van der Waals surface area contributed by atoms with Crippen LogP contribution in [0.3, 0.4) is 0 Å². The van der Waals surface area contributed by atoms with Crippen LogP contribution in [0.15, 0.2) is 18.2 Å². The molecular formula is C16H25NOS. The summed E-state index contributed by atoms with van der Waals surface area (Å²) in [5.41, 5.74) is 9.56. The molecule has 1 aliphatic carbocycles. The minimum atomic E-state index is -0.784. The van der Waals surface area contributed by atoms with Crippen molar-refractivity contribution >= 4 is 10.8 Å². The third kappa shape index (κ3) is 3.90. The molecule has 0 amide bonds. The van der Waals surface area contributed by atoms with E-state index in [4.69, 9.17) is 5.73 Å². The van der Waals surface area contributed by atoms with E-state index in [0.29, 0.717) is 23.5 Å². The number of aryl methyl sites for hydroxylation is 2. The van der Waals surface area contributed by atoms with Crippen LogP contribution in [-0.4, -0.2) is 16.0 Å². The summed E-state index contributed by atoms with van der Waals surface area (Å²) in [6.07, 6.45) is 4.69. The maximum Gasteiger partial charge on any atom is 0.0488 e. The van der Waals surface area contributed by atoms with Crippen LogP contribution in [0.5, 0.6) is 0 Å². The van der Waals surface area contributed by atoms with Crippen LogP contribution in [-0.2, 0) is 16.6 Å². The largest absolute Gasteiger partial charge is 0.330 e. The first-order valence-electron chi connectivity index (χ1n) is 7.24. The SMILES string of the molecule is Cc1cc(C)cc(CS(=O)C2CCCCC2CN)c1. The molecule has 3 heteroatoms. The van der Waals surface area contributed by atoms with Gasteiger partial charge in [-0.3, -0.25) is 4.21 Å². The number of hydrogen-bond donors (Lipinski definition) is 1. The van der Waals surface area contributed by atoms with E-state index in [9.17, 15) is 4.21 Å². The van der Waals surface area contributed by atoms with Gasteiger partial charge in [-0.05, 0) is 44.7 Å². The summed E-state index contributed by atoms with van der Waals surface area (Å²) >= 11 is 0. The van der Waals surface area contributed by atoms with Gasteiger partial charge in [0.15, 0.2) is 0 Å². The van der Waals surface area contributed by atoms with Gasteiger partial charge in [0.25, 0.3) is 0 Å². The highest BCUT2D eigenvalue weighted by atomic mass is 32.2. The molecule has 0 spiro atoms. The molecule has 1 aromatic carbocycles. The van der Waals surface area contributed by atoms with E-state index in [0.717, 1.165) is 12.8 Å². The van der Waals surface area contributed by atoms with E-state index < -0.39 is 10.8 Å².